The van der Waals surface area contributed by atoms with Gasteiger partial charge in [-0.2, -0.15) is 0 Å². The van der Waals surface area contributed by atoms with Crippen molar-refractivity contribution in [3.8, 4) is 0 Å². The van der Waals surface area contributed by atoms with E-state index >= 15 is 0 Å². The first-order valence-corrected chi connectivity index (χ1v) is 3.49. The van der Waals surface area contributed by atoms with E-state index in [2.05, 4.69) is 6.92 Å². The lowest BCUT2D eigenvalue weighted by Crippen LogP contribution is -2.13. The van der Waals surface area contributed by atoms with Gasteiger partial charge in [0.05, 0.1) is 11.7 Å². The van der Waals surface area contributed by atoms with Crippen molar-refractivity contribution < 1.29 is 4.74 Å². The van der Waals surface area contributed by atoms with Crippen LogP contribution >= 0.6 is 0 Å². The maximum atomic E-state index is 5.47. The Bertz CT molecular complexity index is 109. The van der Waals surface area contributed by atoms with Crippen LogP contribution in [0.15, 0.2) is 0 Å². The molecule has 1 aliphatic carbocycles. The van der Waals surface area contributed by atoms with E-state index in [4.69, 9.17) is 4.74 Å². The number of ether oxygens (including phenoxy) is 1. The fourth-order valence-corrected chi connectivity index (χ4v) is 1.68. The second-order valence-corrected chi connectivity index (χ2v) is 3.16. The molecule has 0 aromatic heterocycles. The standard InChI is InChI=1S/C7H12O/c1-7-5-3-2-4-6(7)8-7/h6H,2-5H2,1H3/t6-,7?/m0/s1. The van der Waals surface area contributed by atoms with Crippen LogP contribution in [-0.2, 0) is 4.74 Å². The first-order valence-electron chi connectivity index (χ1n) is 3.49. The minimum absolute atomic E-state index is 0.345. The normalized spacial score (nSPS) is 52.9. The maximum Gasteiger partial charge on any atom is 0.0920 e. The second-order valence-electron chi connectivity index (χ2n) is 3.16. The van der Waals surface area contributed by atoms with Crippen molar-refractivity contribution in [3.05, 3.63) is 0 Å². The summed E-state index contributed by atoms with van der Waals surface area (Å²) in [5.41, 5.74) is 0.345. The summed E-state index contributed by atoms with van der Waals surface area (Å²) >= 11 is 0. The molecule has 2 aliphatic rings. The van der Waals surface area contributed by atoms with Gasteiger partial charge in [0.2, 0.25) is 0 Å². The molecule has 0 amide bonds. The van der Waals surface area contributed by atoms with Crippen LogP contribution < -0.4 is 0 Å². The molecule has 0 spiro atoms. The summed E-state index contributed by atoms with van der Waals surface area (Å²) in [6.07, 6.45) is 6.04. The van der Waals surface area contributed by atoms with Gasteiger partial charge in [-0.25, -0.2) is 0 Å². The molecule has 1 nitrogen and oxygen atoms in total. The first kappa shape index (κ1) is 4.80. The van der Waals surface area contributed by atoms with E-state index in [-0.39, 0.29) is 0 Å². The highest BCUT2D eigenvalue weighted by atomic mass is 16.6. The number of fused-ring (bicyclic) bond motifs is 1. The summed E-state index contributed by atoms with van der Waals surface area (Å²) in [5.74, 6) is 0. The third kappa shape index (κ3) is 0.510. The molecule has 1 aliphatic heterocycles. The van der Waals surface area contributed by atoms with E-state index in [1.165, 1.54) is 25.7 Å². The zero-order valence-corrected chi connectivity index (χ0v) is 5.31. The van der Waals surface area contributed by atoms with Gasteiger partial charge in [-0.15, -0.1) is 0 Å². The Morgan fingerprint density at radius 1 is 1.50 bits per heavy atom. The van der Waals surface area contributed by atoms with Gasteiger partial charge < -0.3 is 4.74 Å². The molecule has 1 heterocycles. The van der Waals surface area contributed by atoms with Crippen molar-refractivity contribution in [2.24, 2.45) is 0 Å². The molecule has 0 N–H and O–H groups in total. The molecule has 2 atom stereocenters. The summed E-state index contributed by atoms with van der Waals surface area (Å²) in [7, 11) is 0. The number of rotatable bonds is 0. The van der Waals surface area contributed by atoms with Crippen molar-refractivity contribution in [2.45, 2.75) is 44.3 Å². The topological polar surface area (TPSA) is 12.5 Å². The monoisotopic (exact) mass is 112 g/mol. The van der Waals surface area contributed by atoms with Gasteiger partial charge in [-0.05, 0) is 19.8 Å². The maximum absolute atomic E-state index is 5.47. The molecule has 1 heteroatoms. The smallest absolute Gasteiger partial charge is 0.0920 e. The van der Waals surface area contributed by atoms with Gasteiger partial charge in [0, 0.05) is 0 Å². The van der Waals surface area contributed by atoms with Gasteiger partial charge in [0.15, 0.2) is 0 Å². The quantitative estimate of drug-likeness (QED) is 0.435. The molecule has 1 unspecified atom stereocenters. The predicted molar refractivity (Wildman–Crippen MR) is 31.7 cm³/mol. The summed E-state index contributed by atoms with van der Waals surface area (Å²) in [4.78, 5) is 0. The Hall–Kier alpha value is -0.0400. The third-order valence-corrected chi connectivity index (χ3v) is 2.42. The lowest BCUT2D eigenvalue weighted by molar-refractivity contribution is 0.304. The van der Waals surface area contributed by atoms with Crippen molar-refractivity contribution >= 4 is 0 Å². The summed E-state index contributed by atoms with van der Waals surface area (Å²) < 4.78 is 5.47. The molecule has 1 saturated carbocycles. The molecule has 0 radical (unpaired) electrons. The van der Waals surface area contributed by atoms with Crippen LogP contribution in [0.1, 0.15) is 32.6 Å². The second kappa shape index (κ2) is 1.27. The Balaban J connectivity index is 2.04. The molecule has 1 saturated heterocycles. The molecular weight excluding hydrogens is 100 g/mol. The van der Waals surface area contributed by atoms with Crippen LogP contribution in [0.4, 0.5) is 0 Å². The molecule has 46 valence electrons. The minimum Gasteiger partial charge on any atom is -0.366 e. The zero-order chi connectivity index (χ0) is 5.61. The Labute approximate surface area is 50.0 Å². The molecule has 0 aromatic rings. The van der Waals surface area contributed by atoms with Gasteiger partial charge in [0.25, 0.3) is 0 Å². The SMILES string of the molecule is CC12CCCC[C@@H]1O2. The Kier molecular flexibility index (Phi) is 0.762. The fraction of sp³-hybridized carbons (Fsp3) is 1.00. The van der Waals surface area contributed by atoms with Crippen LogP contribution in [0, 0.1) is 0 Å². The predicted octanol–water partition coefficient (Wildman–Crippen LogP) is 1.72. The van der Waals surface area contributed by atoms with Crippen molar-refractivity contribution in [1.82, 2.24) is 0 Å². The van der Waals surface area contributed by atoms with Crippen LogP contribution in [0.2, 0.25) is 0 Å². The number of hydrogen-bond acceptors (Lipinski definition) is 1. The molecular formula is C7H12O. The lowest BCUT2D eigenvalue weighted by Gasteiger charge is -2.09. The van der Waals surface area contributed by atoms with Crippen LogP contribution in [-0.4, -0.2) is 11.7 Å². The van der Waals surface area contributed by atoms with E-state index in [0.29, 0.717) is 11.7 Å². The highest BCUT2D eigenvalue weighted by Crippen LogP contribution is 2.46. The van der Waals surface area contributed by atoms with Crippen LogP contribution in [0.5, 0.6) is 0 Å². The minimum atomic E-state index is 0.345. The first-order chi connectivity index (χ1) is 3.81. The van der Waals surface area contributed by atoms with Gasteiger partial charge >= 0.3 is 0 Å². The zero-order valence-electron chi connectivity index (χ0n) is 5.31. The molecule has 2 rings (SSSR count). The molecule has 0 bridgehead atoms. The molecule has 8 heavy (non-hydrogen) atoms. The Morgan fingerprint density at radius 2 is 2.38 bits per heavy atom. The van der Waals surface area contributed by atoms with Gasteiger partial charge in [0.1, 0.15) is 0 Å². The molecule has 2 fully saturated rings. The van der Waals surface area contributed by atoms with Crippen molar-refractivity contribution in [1.29, 1.82) is 0 Å². The average Bonchev–Trinajstić information content (AvgIpc) is 2.39. The lowest BCUT2D eigenvalue weighted by atomic mass is 9.91. The molecule has 0 aromatic carbocycles. The van der Waals surface area contributed by atoms with E-state index in [9.17, 15) is 0 Å². The van der Waals surface area contributed by atoms with E-state index < -0.39 is 0 Å². The highest BCUT2D eigenvalue weighted by Gasteiger charge is 2.52. The Morgan fingerprint density at radius 3 is 2.88 bits per heavy atom. The fourth-order valence-electron chi connectivity index (χ4n) is 1.68. The van der Waals surface area contributed by atoms with Crippen LogP contribution in [0.3, 0.4) is 0 Å². The van der Waals surface area contributed by atoms with Gasteiger partial charge in [-0.1, -0.05) is 12.8 Å². The summed E-state index contributed by atoms with van der Waals surface area (Å²) in [6.45, 7) is 2.23. The number of epoxide rings is 1. The van der Waals surface area contributed by atoms with Gasteiger partial charge in [-0.3, -0.25) is 0 Å². The largest absolute Gasteiger partial charge is 0.366 e. The van der Waals surface area contributed by atoms with E-state index in [0.717, 1.165) is 0 Å². The van der Waals surface area contributed by atoms with Crippen molar-refractivity contribution in [2.75, 3.05) is 0 Å². The van der Waals surface area contributed by atoms with Crippen LogP contribution in [0.25, 0.3) is 0 Å². The van der Waals surface area contributed by atoms with E-state index in [1.54, 1.807) is 0 Å². The summed E-state index contributed by atoms with van der Waals surface area (Å²) in [6, 6.07) is 0. The third-order valence-electron chi connectivity index (χ3n) is 2.42. The van der Waals surface area contributed by atoms with Crippen molar-refractivity contribution in [3.63, 3.8) is 0 Å². The average molecular weight is 112 g/mol. The summed E-state index contributed by atoms with van der Waals surface area (Å²) in [5, 5.41) is 0. The highest BCUT2D eigenvalue weighted by molar-refractivity contribution is 5.01. The number of hydrogen-bond donors (Lipinski definition) is 0. The van der Waals surface area contributed by atoms with E-state index in [1.807, 2.05) is 0 Å².